The Kier molecular flexibility index (Phi) is 3.94. The fourth-order valence-corrected chi connectivity index (χ4v) is 3.25. The van der Waals surface area contributed by atoms with E-state index in [9.17, 15) is 14.7 Å². The molecule has 0 spiro atoms. The molecule has 0 fully saturated rings. The van der Waals surface area contributed by atoms with Crippen molar-refractivity contribution in [1.29, 1.82) is 0 Å². The molecule has 26 heavy (non-hydrogen) atoms. The molecule has 128 valence electrons. The predicted octanol–water partition coefficient (Wildman–Crippen LogP) is 3.64. The van der Waals surface area contributed by atoms with Crippen LogP contribution in [0.1, 0.15) is 20.8 Å². The molecule has 3 N–H and O–H groups in total. The number of hydrogen-bond donors (Lipinski definition) is 3. The molecule has 0 saturated carbocycles. The zero-order chi connectivity index (χ0) is 18.1. The molecule has 0 saturated heterocycles. The Morgan fingerprint density at radius 3 is 2.65 bits per heavy atom. The van der Waals surface area contributed by atoms with Crippen LogP contribution in [0.2, 0.25) is 0 Å². The Bertz CT molecular complexity index is 1120. The minimum absolute atomic E-state index is 0.0667. The third-order valence-electron chi connectivity index (χ3n) is 3.73. The summed E-state index contributed by atoms with van der Waals surface area (Å²) in [7, 11) is 0. The van der Waals surface area contributed by atoms with Gasteiger partial charge in [-0.1, -0.05) is 18.2 Å². The van der Waals surface area contributed by atoms with Crippen LogP contribution in [0.4, 0.5) is 5.95 Å². The van der Waals surface area contributed by atoms with E-state index in [4.69, 9.17) is 0 Å². The van der Waals surface area contributed by atoms with E-state index in [-0.39, 0.29) is 22.7 Å². The van der Waals surface area contributed by atoms with Gasteiger partial charge in [0.1, 0.15) is 11.2 Å². The van der Waals surface area contributed by atoms with Gasteiger partial charge in [0.15, 0.2) is 0 Å². The smallest absolute Gasteiger partial charge is 0.337 e. The van der Waals surface area contributed by atoms with Crippen molar-refractivity contribution < 1.29 is 14.7 Å². The second kappa shape index (κ2) is 6.41. The summed E-state index contributed by atoms with van der Waals surface area (Å²) in [6.07, 6.45) is 0. The highest BCUT2D eigenvalue weighted by atomic mass is 32.1. The zero-order valence-electron chi connectivity index (χ0n) is 13.3. The zero-order valence-corrected chi connectivity index (χ0v) is 14.1. The summed E-state index contributed by atoms with van der Waals surface area (Å²) >= 11 is 1.54. The molecule has 4 rings (SSSR count). The molecule has 0 bridgehead atoms. The van der Waals surface area contributed by atoms with Gasteiger partial charge in [-0.15, -0.1) is 11.3 Å². The normalized spacial score (nSPS) is 10.8. The van der Waals surface area contributed by atoms with Gasteiger partial charge in [-0.2, -0.15) is 0 Å². The number of aromatic amines is 1. The fourth-order valence-electron chi connectivity index (χ4n) is 2.56. The molecular formula is C18H12N4O3S. The van der Waals surface area contributed by atoms with Crippen LogP contribution >= 0.6 is 11.3 Å². The number of pyridine rings is 1. The first-order valence-electron chi connectivity index (χ1n) is 7.66. The molecule has 0 aliphatic rings. The number of amides is 1. The molecule has 8 heteroatoms. The first kappa shape index (κ1) is 16.0. The number of nitrogens with one attached hydrogen (secondary N) is 2. The molecule has 3 aromatic heterocycles. The van der Waals surface area contributed by atoms with Crippen molar-refractivity contribution >= 4 is 40.2 Å². The summed E-state index contributed by atoms with van der Waals surface area (Å²) in [6, 6.07) is 13.8. The van der Waals surface area contributed by atoms with Gasteiger partial charge in [-0.3, -0.25) is 10.1 Å². The van der Waals surface area contributed by atoms with Crippen LogP contribution < -0.4 is 5.32 Å². The van der Waals surface area contributed by atoms with E-state index < -0.39 is 11.9 Å². The first-order valence-corrected chi connectivity index (χ1v) is 8.54. The molecule has 0 unspecified atom stereocenters. The second-order valence-corrected chi connectivity index (χ2v) is 6.38. The number of carbonyl (C=O) groups excluding carboxylic acids is 1. The van der Waals surface area contributed by atoms with Crippen molar-refractivity contribution in [1.82, 2.24) is 15.0 Å². The highest BCUT2D eigenvalue weighted by Crippen LogP contribution is 2.23. The molecular weight excluding hydrogens is 352 g/mol. The van der Waals surface area contributed by atoms with E-state index in [0.29, 0.717) is 11.2 Å². The Labute approximate surface area is 151 Å². The quantitative estimate of drug-likeness (QED) is 0.512. The topological polar surface area (TPSA) is 108 Å². The van der Waals surface area contributed by atoms with Crippen LogP contribution in [0.15, 0.2) is 53.9 Å². The number of anilines is 1. The van der Waals surface area contributed by atoms with E-state index in [1.54, 1.807) is 24.3 Å². The summed E-state index contributed by atoms with van der Waals surface area (Å²) < 4.78 is 0. The van der Waals surface area contributed by atoms with Crippen molar-refractivity contribution in [3.63, 3.8) is 0 Å². The van der Waals surface area contributed by atoms with Gasteiger partial charge < -0.3 is 10.1 Å². The summed E-state index contributed by atoms with van der Waals surface area (Å²) in [5, 5.41) is 13.8. The Balaban J connectivity index is 1.63. The first-order chi connectivity index (χ1) is 12.6. The van der Waals surface area contributed by atoms with Crippen molar-refractivity contribution in [3.05, 3.63) is 65.2 Å². The minimum Gasteiger partial charge on any atom is -0.478 e. The Morgan fingerprint density at radius 1 is 1.04 bits per heavy atom. The second-order valence-electron chi connectivity index (χ2n) is 5.43. The molecule has 1 amide bonds. The van der Waals surface area contributed by atoms with E-state index in [1.807, 2.05) is 23.6 Å². The summed E-state index contributed by atoms with van der Waals surface area (Å²) in [5.74, 6) is -1.34. The van der Waals surface area contributed by atoms with Crippen molar-refractivity contribution in [2.45, 2.75) is 0 Å². The Hall–Kier alpha value is -3.52. The number of imidazole rings is 1. The lowest BCUT2D eigenvalue weighted by Gasteiger charge is -2.03. The molecule has 0 aliphatic heterocycles. The SMILES string of the molecule is O=C(Nc1nc2c(C(=O)O)cccc2[nH]1)c1cccc(-c2cccs2)n1. The lowest BCUT2D eigenvalue weighted by atomic mass is 10.2. The van der Waals surface area contributed by atoms with Crippen LogP contribution in [0.25, 0.3) is 21.6 Å². The van der Waals surface area contributed by atoms with Crippen LogP contribution in [-0.2, 0) is 0 Å². The number of carbonyl (C=O) groups is 2. The third kappa shape index (κ3) is 2.93. The number of para-hydroxylation sites is 1. The molecule has 1 aromatic carbocycles. The standard InChI is InChI=1S/C18H12N4O3S/c23-16(13-7-2-5-11(19-13)14-8-3-9-26-14)22-18-20-12-6-1-4-10(17(24)25)15(12)21-18/h1-9H,(H,24,25)(H2,20,21,22,23). The van der Waals surface area contributed by atoms with Crippen LogP contribution in [0.3, 0.4) is 0 Å². The molecule has 3 heterocycles. The number of fused-ring (bicyclic) bond motifs is 1. The van der Waals surface area contributed by atoms with E-state index in [1.165, 1.54) is 17.4 Å². The summed E-state index contributed by atoms with van der Waals surface area (Å²) in [4.78, 5) is 36.2. The number of carboxylic acids is 1. The number of aromatic nitrogens is 3. The molecule has 7 nitrogen and oxygen atoms in total. The predicted molar refractivity (Wildman–Crippen MR) is 98.6 cm³/mol. The van der Waals surface area contributed by atoms with Crippen molar-refractivity contribution in [2.24, 2.45) is 0 Å². The monoisotopic (exact) mass is 364 g/mol. The number of rotatable bonds is 4. The lowest BCUT2D eigenvalue weighted by molar-refractivity contribution is 0.0698. The highest BCUT2D eigenvalue weighted by Gasteiger charge is 2.15. The fraction of sp³-hybridized carbons (Fsp3) is 0. The average molecular weight is 364 g/mol. The number of nitrogens with zero attached hydrogens (tertiary/aromatic N) is 2. The lowest BCUT2D eigenvalue weighted by Crippen LogP contribution is -2.14. The van der Waals surface area contributed by atoms with Gasteiger partial charge in [0.2, 0.25) is 5.95 Å². The third-order valence-corrected chi connectivity index (χ3v) is 4.62. The number of thiophene rings is 1. The molecule has 0 radical (unpaired) electrons. The summed E-state index contributed by atoms with van der Waals surface area (Å²) in [5.41, 5.74) is 1.84. The average Bonchev–Trinajstić information content (AvgIpc) is 3.30. The number of aromatic carboxylic acids is 1. The van der Waals surface area contributed by atoms with E-state index in [0.717, 1.165) is 4.88 Å². The van der Waals surface area contributed by atoms with Crippen LogP contribution in [0.5, 0.6) is 0 Å². The maximum Gasteiger partial charge on any atom is 0.337 e. The van der Waals surface area contributed by atoms with Gasteiger partial charge in [0.25, 0.3) is 5.91 Å². The van der Waals surface area contributed by atoms with E-state index >= 15 is 0 Å². The number of H-pyrrole nitrogens is 1. The maximum atomic E-state index is 12.5. The maximum absolute atomic E-state index is 12.5. The van der Waals surface area contributed by atoms with Crippen LogP contribution in [0, 0.1) is 0 Å². The van der Waals surface area contributed by atoms with Gasteiger partial charge >= 0.3 is 5.97 Å². The van der Waals surface area contributed by atoms with Gasteiger partial charge in [0.05, 0.1) is 21.7 Å². The van der Waals surface area contributed by atoms with E-state index in [2.05, 4.69) is 20.3 Å². The van der Waals surface area contributed by atoms with Crippen LogP contribution in [-0.4, -0.2) is 31.9 Å². The van der Waals surface area contributed by atoms with Gasteiger partial charge in [-0.25, -0.2) is 14.8 Å². The Morgan fingerprint density at radius 2 is 1.88 bits per heavy atom. The molecule has 4 aromatic rings. The van der Waals surface area contributed by atoms with Crippen molar-refractivity contribution in [3.8, 4) is 10.6 Å². The summed E-state index contributed by atoms with van der Waals surface area (Å²) in [6.45, 7) is 0. The van der Waals surface area contributed by atoms with Gasteiger partial charge in [-0.05, 0) is 35.7 Å². The number of hydrogen-bond acceptors (Lipinski definition) is 5. The largest absolute Gasteiger partial charge is 0.478 e. The minimum atomic E-state index is -1.08. The highest BCUT2D eigenvalue weighted by molar-refractivity contribution is 7.13. The molecule has 0 atom stereocenters. The number of carboxylic acid groups (broad SMARTS) is 1. The van der Waals surface area contributed by atoms with Gasteiger partial charge in [0, 0.05) is 0 Å². The molecule has 0 aliphatic carbocycles. The number of benzene rings is 1. The van der Waals surface area contributed by atoms with Crippen molar-refractivity contribution in [2.75, 3.05) is 5.32 Å².